The van der Waals surface area contributed by atoms with E-state index in [0.717, 1.165) is 13.2 Å². The lowest BCUT2D eigenvalue weighted by Crippen LogP contribution is -2.32. The summed E-state index contributed by atoms with van der Waals surface area (Å²) in [5.74, 6) is -1.71. The minimum absolute atomic E-state index is 0.105. The van der Waals surface area contributed by atoms with Crippen LogP contribution in [0.4, 0.5) is 0 Å². The predicted octanol–water partition coefficient (Wildman–Crippen LogP) is 0.103. The summed E-state index contributed by atoms with van der Waals surface area (Å²) in [7, 11) is 1.14. The van der Waals surface area contributed by atoms with Crippen molar-refractivity contribution in [3.8, 4) is 0 Å². The molecule has 1 amide bonds. The number of carbonyl (C=O) groups excluding carboxylic acids is 2. The summed E-state index contributed by atoms with van der Waals surface area (Å²) < 4.78 is 4.49. The molecule has 1 atom stereocenters. The number of hydrogen-bond acceptors (Lipinski definition) is 5. The zero-order chi connectivity index (χ0) is 13.9. The van der Waals surface area contributed by atoms with Gasteiger partial charge in [0.25, 0.3) is 5.54 Å². The van der Waals surface area contributed by atoms with E-state index < -0.39 is 22.3 Å². The summed E-state index contributed by atoms with van der Waals surface area (Å²) in [6, 6.07) is 0. The Bertz CT molecular complexity index is 504. The molecule has 0 spiro atoms. The highest BCUT2D eigenvalue weighted by Gasteiger charge is 2.35. The average Bonchev–Trinajstić information content (AvgIpc) is 2.48. The van der Waals surface area contributed by atoms with E-state index in [2.05, 4.69) is 4.74 Å². The molecule has 0 aromatic carbocycles. The summed E-state index contributed by atoms with van der Waals surface area (Å²) in [5.41, 5.74) is 3.20. The topological polar surface area (TPSA) is 113 Å². The molecule has 96 valence electrons. The summed E-state index contributed by atoms with van der Waals surface area (Å²) in [6.45, 7) is 1.29. The molecule has 1 aliphatic carbocycles. The predicted molar refractivity (Wildman–Crippen MR) is 61.9 cm³/mol. The quantitative estimate of drug-likeness (QED) is 0.435. The third-order valence-electron chi connectivity index (χ3n) is 2.49. The molecule has 0 bridgehead atoms. The van der Waals surface area contributed by atoms with Gasteiger partial charge in [0, 0.05) is 17.9 Å². The number of hydrogen-bond donors (Lipinski definition) is 1. The summed E-state index contributed by atoms with van der Waals surface area (Å²) in [5, 5.41) is 11.0. The molecule has 2 N–H and O–H groups in total. The van der Waals surface area contributed by atoms with Gasteiger partial charge in [-0.15, -0.1) is 0 Å². The van der Waals surface area contributed by atoms with E-state index >= 15 is 0 Å². The zero-order valence-corrected chi connectivity index (χ0v) is 9.88. The van der Waals surface area contributed by atoms with Crippen molar-refractivity contribution in [1.29, 1.82) is 0 Å². The van der Waals surface area contributed by atoms with Gasteiger partial charge in [0.1, 0.15) is 0 Å². The lowest BCUT2D eigenvalue weighted by atomic mass is 9.97. The zero-order valence-electron chi connectivity index (χ0n) is 9.88. The first-order chi connectivity index (χ1) is 8.31. The first-order valence-corrected chi connectivity index (χ1v) is 4.97. The number of rotatable bonds is 3. The second-order valence-electron chi connectivity index (χ2n) is 3.84. The molecule has 0 fully saturated rings. The van der Waals surface area contributed by atoms with Crippen molar-refractivity contribution in [2.75, 3.05) is 7.11 Å². The molecule has 1 aliphatic rings. The van der Waals surface area contributed by atoms with Gasteiger partial charge in [0.15, 0.2) is 0 Å². The van der Waals surface area contributed by atoms with Gasteiger partial charge < -0.3 is 10.5 Å². The fraction of sp³-hybridized carbons (Fsp3) is 0.273. The van der Waals surface area contributed by atoms with Crippen LogP contribution in [0.3, 0.4) is 0 Å². The van der Waals surface area contributed by atoms with Gasteiger partial charge in [-0.3, -0.25) is 14.9 Å². The monoisotopic (exact) mass is 252 g/mol. The molecule has 0 saturated heterocycles. The molecule has 1 unspecified atom stereocenters. The van der Waals surface area contributed by atoms with Crippen LogP contribution in [0.2, 0.25) is 0 Å². The van der Waals surface area contributed by atoms with Crippen LogP contribution < -0.4 is 5.73 Å². The Morgan fingerprint density at radius 3 is 2.50 bits per heavy atom. The van der Waals surface area contributed by atoms with E-state index in [-0.39, 0.29) is 11.1 Å². The van der Waals surface area contributed by atoms with Crippen LogP contribution in [-0.2, 0) is 14.3 Å². The Kier molecular flexibility index (Phi) is 3.65. The molecule has 0 saturated carbocycles. The highest BCUT2D eigenvalue weighted by atomic mass is 16.6. The Labute approximate surface area is 103 Å². The van der Waals surface area contributed by atoms with E-state index in [0.29, 0.717) is 0 Å². The van der Waals surface area contributed by atoms with Crippen molar-refractivity contribution in [3.63, 3.8) is 0 Å². The average molecular weight is 252 g/mol. The molecule has 0 aliphatic heterocycles. The fourth-order valence-electron chi connectivity index (χ4n) is 1.45. The van der Waals surface area contributed by atoms with E-state index in [1.165, 1.54) is 25.2 Å². The van der Waals surface area contributed by atoms with Crippen LogP contribution in [0.15, 0.2) is 35.5 Å². The number of allylic oxidation sites excluding steroid dienone is 2. The smallest absolute Gasteiger partial charge is 0.338 e. The second kappa shape index (κ2) is 4.82. The lowest BCUT2D eigenvalue weighted by Gasteiger charge is -2.13. The van der Waals surface area contributed by atoms with Gasteiger partial charge in [-0.05, 0) is 12.2 Å². The maximum Gasteiger partial charge on any atom is 0.338 e. The van der Waals surface area contributed by atoms with Gasteiger partial charge in [-0.25, -0.2) is 4.79 Å². The van der Waals surface area contributed by atoms with Crippen molar-refractivity contribution in [2.24, 2.45) is 5.73 Å². The van der Waals surface area contributed by atoms with Crippen LogP contribution in [-0.4, -0.2) is 29.4 Å². The lowest BCUT2D eigenvalue weighted by molar-refractivity contribution is -0.535. The molecule has 7 nitrogen and oxygen atoms in total. The van der Waals surface area contributed by atoms with Crippen LogP contribution in [0.1, 0.15) is 6.92 Å². The van der Waals surface area contributed by atoms with Crippen molar-refractivity contribution >= 4 is 11.9 Å². The number of esters is 1. The molecule has 0 radical (unpaired) electrons. The Balaban J connectivity index is 3.39. The maximum atomic E-state index is 11.5. The van der Waals surface area contributed by atoms with Crippen LogP contribution in [0.5, 0.6) is 0 Å². The van der Waals surface area contributed by atoms with E-state index in [4.69, 9.17) is 5.73 Å². The van der Waals surface area contributed by atoms with E-state index in [1.807, 2.05) is 0 Å². The highest BCUT2D eigenvalue weighted by molar-refractivity contribution is 6.09. The first-order valence-electron chi connectivity index (χ1n) is 4.97. The van der Waals surface area contributed by atoms with E-state index in [9.17, 15) is 19.7 Å². The van der Waals surface area contributed by atoms with Crippen LogP contribution >= 0.6 is 0 Å². The second-order valence-corrected chi connectivity index (χ2v) is 3.84. The Morgan fingerprint density at radius 1 is 1.44 bits per heavy atom. The van der Waals surface area contributed by atoms with Crippen molar-refractivity contribution in [3.05, 3.63) is 45.6 Å². The fourth-order valence-corrected chi connectivity index (χ4v) is 1.45. The molecule has 0 aromatic heterocycles. The standard InChI is InChI=1S/C11H12N2O5/c1-11(13(16)17)5-3-4-7(10(15)18-2)8(6-11)9(12)14/h3-6H,1-2H3,(H2,12,14). The Morgan fingerprint density at radius 2 is 2.06 bits per heavy atom. The number of nitro groups is 1. The van der Waals surface area contributed by atoms with Gasteiger partial charge in [-0.1, -0.05) is 6.08 Å². The SMILES string of the molecule is COC(=O)C1=CC=CC(C)([N+](=O)[O-])C=C1C(N)=O. The Hall–Kier alpha value is -2.44. The normalized spacial score (nSPS) is 22.6. The van der Waals surface area contributed by atoms with E-state index in [1.54, 1.807) is 0 Å². The van der Waals surface area contributed by atoms with Gasteiger partial charge >= 0.3 is 5.97 Å². The number of nitrogens with two attached hydrogens (primary N) is 1. The molecule has 0 heterocycles. The van der Waals surface area contributed by atoms with Crippen LogP contribution in [0, 0.1) is 10.1 Å². The minimum atomic E-state index is -1.60. The van der Waals surface area contributed by atoms with Crippen molar-refractivity contribution < 1.29 is 19.2 Å². The molecule has 18 heavy (non-hydrogen) atoms. The number of methoxy groups -OCH3 is 1. The molecule has 0 aromatic rings. The first kappa shape index (κ1) is 13.6. The number of ether oxygens (including phenoxy) is 1. The number of nitrogens with zero attached hydrogens (tertiary/aromatic N) is 1. The molecule has 7 heteroatoms. The van der Waals surface area contributed by atoms with Crippen LogP contribution in [0.25, 0.3) is 0 Å². The largest absolute Gasteiger partial charge is 0.465 e. The maximum absolute atomic E-state index is 11.5. The summed E-state index contributed by atoms with van der Waals surface area (Å²) in [4.78, 5) is 33.2. The number of primary amides is 1. The minimum Gasteiger partial charge on any atom is -0.465 e. The summed E-state index contributed by atoms with van der Waals surface area (Å²) >= 11 is 0. The molecular formula is C11H12N2O5. The molecular weight excluding hydrogens is 240 g/mol. The number of carbonyl (C=O) groups is 2. The van der Waals surface area contributed by atoms with Gasteiger partial charge in [0.2, 0.25) is 5.91 Å². The molecule has 1 rings (SSSR count). The van der Waals surface area contributed by atoms with Gasteiger partial charge in [-0.2, -0.15) is 0 Å². The van der Waals surface area contributed by atoms with Gasteiger partial charge in [0.05, 0.1) is 18.3 Å². The van der Waals surface area contributed by atoms with Crippen molar-refractivity contribution in [2.45, 2.75) is 12.5 Å². The summed E-state index contributed by atoms with van der Waals surface area (Å²) in [6.07, 6.45) is 4.88. The third kappa shape index (κ3) is 2.45. The third-order valence-corrected chi connectivity index (χ3v) is 2.49. The van der Waals surface area contributed by atoms with Crippen molar-refractivity contribution in [1.82, 2.24) is 0 Å². The number of amides is 1. The highest BCUT2D eigenvalue weighted by Crippen LogP contribution is 2.24.